The van der Waals surface area contributed by atoms with Gasteiger partial charge in [0.15, 0.2) is 0 Å². The van der Waals surface area contributed by atoms with Crippen molar-refractivity contribution in [2.24, 2.45) is 0 Å². The predicted molar refractivity (Wildman–Crippen MR) is 110 cm³/mol. The SMILES string of the molecule is O=C(Nc1ccc(Cl)cc1C(=O)N1CCC(O)C1)c1cccc2ccccc12. The number of rotatable bonds is 3. The lowest BCUT2D eigenvalue weighted by molar-refractivity contribution is 0.0766. The lowest BCUT2D eigenvalue weighted by Gasteiger charge is -2.18. The van der Waals surface area contributed by atoms with Gasteiger partial charge in [-0.25, -0.2) is 0 Å². The molecule has 1 unspecified atom stereocenters. The van der Waals surface area contributed by atoms with Crippen LogP contribution in [0.1, 0.15) is 27.1 Å². The van der Waals surface area contributed by atoms with E-state index in [9.17, 15) is 14.7 Å². The Morgan fingerprint density at radius 1 is 1.04 bits per heavy atom. The predicted octanol–water partition coefficient (Wildman–Crippen LogP) is 3.95. The molecule has 142 valence electrons. The lowest BCUT2D eigenvalue weighted by Crippen LogP contribution is -2.30. The minimum Gasteiger partial charge on any atom is -0.391 e. The Hall–Kier alpha value is -2.89. The average molecular weight is 395 g/mol. The van der Waals surface area contributed by atoms with Crippen molar-refractivity contribution >= 4 is 39.9 Å². The summed E-state index contributed by atoms with van der Waals surface area (Å²) in [6.45, 7) is 0.755. The highest BCUT2D eigenvalue weighted by Crippen LogP contribution is 2.26. The number of benzene rings is 3. The first-order chi connectivity index (χ1) is 13.5. The molecule has 0 aliphatic carbocycles. The monoisotopic (exact) mass is 394 g/mol. The van der Waals surface area contributed by atoms with E-state index < -0.39 is 6.10 Å². The van der Waals surface area contributed by atoms with Gasteiger partial charge in [0.2, 0.25) is 0 Å². The van der Waals surface area contributed by atoms with Crippen molar-refractivity contribution in [3.63, 3.8) is 0 Å². The molecule has 0 saturated carbocycles. The van der Waals surface area contributed by atoms with Crippen molar-refractivity contribution in [2.75, 3.05) is 18.4 Å². The second kappa shape index (κ2) is 7.62. The van der Waals surface area contributed by atoms with Crippen LogP contribution in [0.25, 0.3) is 10.8 Å². The lowest BCUT2D eigenvalue weighted by atomic mass is 10.0. The van der Waals surface area contributed by atoms with Crippen molar-refractivity contribution in [1.82, 2.24) is 4.90 Å². The van der Waals surface area contributed by atoms with E-state index in [1.54, 1.807) is 29.2 Å². The van der Waals surface area contributed by atoms with Crippen molar-refractivity contribution < 1.29 is 14.7 Å². The van der Waals surface area contributed by atoms with Crippen LogP contribution in [-0.4, -0.2) is 41.0 Å². The zero-order valence-corrected chi connectivity index (χ0v) is 15.8. The Morgan fingerprint density at radius 3 is 2.61 bits per heavy atom. The first kappa shape index (κ1) is 18.5. The van der Waals surface area contributed by atoms with Gasteiger partial charge in [-0.3, -0.25) is 9.59 Å². The molecule has 4 rings (SSSR count). The number of hydrogen-bond acceptors (Lipinski definition) is 3. The molecule has 1 fully saturated rings. The van der Waals surface area contributed by atoms with Crippen molar-refractivity contribution in [1.29, 1.82) is 0 Å². The zero-order valence-electron chi connectivity index (χ0n) is 15.1. The van der Waals surface area contributed by atoms with Crippen molar-refractivity contribution in [3.8, 4) is 0 Å². The number of carbonyl (C=O) groups is 2. The molecule has 0 aromatic heterocycles. The molecule has 0 bridgehead atoms. The van der Waals surface area contributed by atoms with Crippen LogP contribution in [-0.2, 0) is 0 Å². The molecule has 1 saturated heterocycles. The van der Waals surface area contributed by atoms with Crippen LogP contribution in [0.5, 0.6) is 0 Å². The molecular formula is C22H19ClN2O3. The van der Waals surface area contributed by atoms with Crippen LogP contribution in [0.4, 0.5) is 5.69 Å². The maximum absolute atomic E-state index is 13.0. The molecule has 1 aliphatic rings. The highest BCUT2D eigenvalue weighted by Gasteiger charge is 2.27. The highest BCUT2D eigenvalue weighted by atomic mass is 35.5. The van der Waals surface area contributed by atoms with Gasteiger partial charge in [0.1, 0.15) is 0 Å². The third kappa shape index (κ3) is 3.59. The second-order valence-electron chi connectivity index (χ2n) is 6.86. The van der Waals surface area contributed by atoms with Gasteiger partial charge in [-0.1, -0.05) is 48.0 Å². The van der Waals surface area contributed by atoms with E-state index in [0.717, 1.165) is 10.8 Å². The average Bonchev–Trinajstić information content (AvgIpc) is 3.14. The summed E-state index contributed by atoms with van der Waals surface area (Å²) in [5, 5.41) is 14.8. The van der Waals surface area contributed by atoms with Gasteiger partial charge in [-0.05, 0) is 41.5 Å². The number of nitrogens with one attached hydrogen (secondary N) is 1. The molecule has 1 heterocycles. The van der Waals surface area contributed by atoms with E-state index in [2.05, 4.69) is 5.32 Å². The third-order valence-corrected chi connectivity index (χ3v) is 5.18. The van der Waals surface area contributed by atoms with Gasteiger partial charge >= 0.3 is 0 Å². The molecule has 6 heteroatoms. The Labute approximate surface area is 167 Å². The summed E-state index contributed by atoms with van der Waals surface area (Å²) < 4.78 is 0. The van der Waals surface area contributed by atoms with Crippen LogP contribution in [0.3, 0.4) is 0 Å². The van der Waals surface area contributed by atoms with E-state index in [1.165, 1.54) is 0 Å². The standard InChI is InChI=1S/C22H19ClN2O3/c23-15-8-9-20(19(12-15)22(28)25-11-10-16(26)13-25)24-21(27)18-7-3-5-14-4-1-2-6-17(14)18/h1-9,12,16,26H,10-11,13H2,(H,24,27). The molecule has 0 spiro atoms. The summed E-state index contributed by atoms with van der Waals surface area (Å²) in [6, 6.07) is 18.0. The number of aliphatic hydroxyl groups excluding tert-OH is 1. The number of fused-ring (bicyclic) bond motifs is 1. The summed E-state index contributed by atoms with van der Waals surface area (Å²) in [4.78, 5) is 27.4. The summed E-state index contributed by atoms with van der Waals surface area (Å²) in [7, 11) is 0. The zero-order chi connectivity index (χ0) is 19.7. The third-order valence-electron chi connectivity index (χ3n) is 4.95. The molecule has 2 amide bonds. The second-order valence-corrected chi connectivity index (χ2v) is 7.30. The number of aliphatic hydroxyl groups is 1. The van der Waals surface area contributed by atoms with E-state index in [0.29, 0.717) is 34.8 Å². The first-order valence-corrected chi connectivity index (χ1v) is 9.47. The molecule has 3 aromatic carbocycles. The molecule has 2 N–H and O–H groups in total. The summed E-state index contributed by atoms with van der Waals surface area (Å²) >= 11 is 6.10. The molecule has 1 aliphatic heterocycles. The van der Waals surface area contributed by atoms with E-state index >= 15 is 0 Å². The summed E-state index contributed by atoms with van der Waals surface area (Å²) in [5.74, 6) is -0.554. The Bertz CT molecular complexity index is 1060. The number of nitrogens with zero attached hydrogens (tertiary/aromatic N) is 1. The molecule has 1 atom stereocenters. The van der Waals surface area contributed by atoms with E-state index in [-0.39, 0.29) is 18.4 Å². The number of likely N-dealkylation sites (tertiary alicyclic amines) is 1. The fraction of sp³-hybridized carbons (Fsp3) is 0.182. The number of hydrogen-bond donors (Lipinski definition) is 2. The number of amides is 2. The number of β-amino-alcohol motifs (C(OH)–C–C–N with tert-alkyl or cyclic N) is 1. The maximum atomic E-state index is 13.0. The van der Waals surface area contributed by atoms with Gasteiger partial charge in [0.25, 0.3) is 11.8 Å². The van der Waals surface area contributed by atoms with Crippen LogP contribution in [0.2, 0.25) is 5.02 Å². The Balaban J connectivity index is 1.66. The van der Waals surface area contributed by atoms with Crippen LogP contribution in [0.15, 0.2) is 60.7 Å². The van der Waals surface area contributed by atoms with Gasteiger partial charge < -0.3 is 15.3 Å². The number of carbonyl (C=O) groups excluding carboxylic acids is 2. The molecule has 3 aromatic rings. The van der Waals surface area contributed by atoms with Gasteiger partial charge in [-0.15, -0.1) is 0 Å². The molecular weight excluding hydrogens is 376 g/mol. The number of anilines is 1. The fourth-order valence-corrected chi connectivity index (χ4v) is 3.68. The normalized spacial score (nSPS) is 16.4. The van der Waals surface area contributed by atoms with E-state index in [1.807, 2.05) is 36.4 Å². The molecule has 5 nitrogen and oxygen atoms in total. The molecule has 0 radical (unpaired) electrons. The Morgan fingerprint density at radius 2 is 1.82 bits per heavy atom. The van der Waals surface area contributed by atoms with Crippen LogP contribution >= 0.6 is 11.6 Å². The smallest absolute Gasteiger partial charge is 0.256 e. The van der Waals surface area contributed by atoms with Crippen LogP contribution in [0, 0.1) is 0 Å². The van der Waals surface area contributed by atoms with Crippen molar-refractivity contribution in [2.45, 2.75) is 12.5 Å². The largest absolute Gasteiger partial charge is 0.391 e. The van der Waals surface area contributed by atoms with Crippen LogP contribution < -0.4 is 5.32 Å². The minimum absolute atomic E-state index is 0.257. The Kier molecular flexibility index (Phi) is 5.03. The van der Waals surface area contributed by atoms with Crippen molar-refractivity contribution in [3.05, 3.63) is 76.8 Å². The van der Waals surface area contributed by atoms with Gasteiger partial charge in [-0.2, -0.15) is 0 Å². The van der Waals surface area contributed by atoms with Gasteiger partial charge in [0, 0.05) is 23.7 Å². The number of halogens is 1. The first-order valence-electron chi connectivity index (χ1n) is 9.09. The summed E-state index contributed by atoms with van der Waals surface area (Å²) in [5.41, 5.74) is 1.24. The van der Waals surface area contributed by atoms with Gasteiger partial charge in [0.05, 0.1) is 17.4 Å². The summed E-state index contributed by atoms with van der Waals surface area (Å²) in [6.07, 6.45) is 0.0288. The highest BCUT2D eigenvalue weighted by molar-refractivity contribution is 6.31. The minimum atomic E-state index is -0.517. The quantitative estimate of drug-likeness (QED) is 0.706. The topological polar surface area (TPSA) is 69.6 Å². The van der Waals surface area contributed by atoms with E-state index in [4.69, 9.17) is 11.6 Å². The maximum Gasteiger partial charge on any atom is 0.256 e. The fourth-order valence-electron chi connectivity index (χ4n) is 3.51. The molecule has 28 heavy (non-hydrogen) atoms.